The van der Waals surface area contributed by atoms with E-state index in [9.17, 15) is 0 Å². The van der Waals surface area contributed by atoms with E-state index < -0.39 is 0 Å². The summed E-state index contributed by atoms with van der Waals surface area (Å²) in [4.78, 5) is 4.15. The van der Waals surface area contributed by atoms with Crippen molar-refractivity contribution < 1.29 is 4.74 Å². The van der Waals surface area contributed by atoms with Gasteiger partial charge in [0.15, 0.2) is 0 Å². The number of hydrogen-bond acceptors (Lipinski definition) is 2. The summed E-state index contributed by atoms with van der Waals surface area (Å²) in [5, 5.41) is 0. The third-order valence-corrected chi connectivity index (χ3v) is 3.35. The molecule has 0 spiro atoms. The molecule has 0 N–H and O–H groups in total. The van der Waals surface area contributed by atoms with Gasteiger partial charge in [0.05, 0.1) is 7.11 Å². The maximum absolute atomic E-state index is 5.26. The smallest absolute Gasteiger partial charge is 0.119 e. The molecule has 2 nitrogen and oxygen atoms in total. The van der Waals surface area contributed by atoms with Crippen LogP contribution in [-0.2, 0) is 6.42 Å². The van der Waals surface area contributed by atoms with E-state index in [0.29, 0.717) is 0 Å². The minimum Gasteiger partial charge on any atom is -0.497 e. The van der Waals surface area contributed by atoms with Crippen molar-refractivity contribution >= 4 is 11.6 Å². The van der Waals surface area contributed by atoms with Crippen LogP contribution in [0, 0.1) is 0 Å². The molecule has 1 aromatic heterocycles. The largest absolute Gasteiger partial charge is 0.497 e. The highest BCUT2D eigenvalue weighted by Gasteiger charge is 2.16. The molecule has 0 amide bonds. The normalized spacial score (nSPS) is 15.7. The van der Waals surface area contributed by atoms with Crippen molar-refractivity contribution in [2.75, 3.05) is 7.11 Å². The third kappa shape index (κ3) is 2.02. The molecule has 1 aromatic carbocycles. The molecule has 2 aromatic rings. The van der Waals surface area contributed by atoms with Crippen LogP contribution in [0.15, 0.2) is 42.7 Å². The van der Waals surface area contributed by atoms with E-state index in [4.69, 9.17) is 4.74 Å². The molecular weight excluding hydrogens is 222 g/mol. The Morgan fingerprint density at radius 3 is 2.94 bits per heavy atom. The van der Waals surface area contributed by atoms with Crippen LogP contribution >= 0.6 is 0 Å². The van der Waals surface area contributed by atoms with E-state index in [2.05, 4.69) is 29.3 Å². The molecule has 0 saturated carbocycles. The minimum absolute atomic E-state index is 0.941. The molecule has 2 heteroatoms. The molecule has 18 heavy (non-hydrogen) atoms. The first-order chi connectivity index (χ1) is 8.86. The molecule has 0 fully saturated rings. The summed E-state index contributed by atoms with van der Waals surface area (Å²) >= 11 is 0. The lowest BCUT2D eigenvalue weighted by molar-refractivity contribution is 0.414. The van der Waals surface area contributed by atoms with Gasteiger partial charge in [0, 0.05) is 12.4 Å². The second-order valence-corrected chi connectivity index (χ2v) is 4.48. The van der Waals surface area contributed by atoms with Gasteiger partial charge in [0.2, 0.25) is 0 Å². The number of aromatic nitrogens is 1. The Kier molecular flexibility index (Phi) is 2.85. The number of pyridine rings is 1. The minimum atomic E-state index is 0.941. The molecule has 0 radical (unpaired) electrons. The quantitative estimate of drug-likeness (QED) is 0.796. The number of hydrogen-bond donors (Lipinski definition) is 0. The average Bonchev–Trinajstić information content (AvgIpc) is 2.82. The Morgan fingerprint density at radius 1 is 1.22 bits per heavy atom. The van der Waals surface area contributed by atoms with Crippen molar-refractivity contribution in [1.82, 2.24) is 4.98 Å². The summed E-state index contributed by atoms with van der Waals surface area (Å²) in [7, 11) is 1.71. The average molecular weight is 237 g/mol. The number of allylic oxidation sites excluding steroid dienone is 1. The topological polar surface area (TPSA) is 22.1 Å². The lowest BCUT2D eigenvalue weighted by Crippen LogP contribution is -1.86. The molecule has 1 heterocycles. The number of nitrogens with zero attached hydrogens (tertiary/aromatic N) is 1. The monoisotopic (exact) mass is 237 g/mol. The van der Waals surface area contributed by atoms with Crippen molar-refractivity contribution in [3.8, 4) is 5.75 Å². The Morgan fingerprint density at radius 2 is 2.17 bits per heavy atom. The first-order valence-corrected chi connectivity index (χ1v) is 6.15. The van der Waals surface area contributed by atoms with Gasteiger partial charge >= 0.3 is 0 Å². The Balaban J connectivity index is 1.98. The van der Waals surface area contributed by atoms with Crippen molar-refractivity contribution in [1.29, 1.82) is 0 Å². The molecular formula is C16H15NO. The van der Waals surface area contributed by atoms with Crippen LogP contribution in [0.25, 0.3) is 11.6 Å². The van der Waals surface area contributed by atoms with Gasteiger partial charge in [-0.15, -0.1) is 0 Å². The molecule has 0 unspecified atom stereocenters. The highest BCUT2D eigenvalue weighted by Crippen LogP contribution is 2.35. The first kappa shape index (κ1) is 11.0. The SMILES string of the molecule is COc1ccc2c(c1)CCC2=Cc1cccnc1. The van der Waals surface area contributed by atoms with Crippen molar-refractivity contribution in [2.24, 2.45) is 0 Å². The molecule has 90 valence electrons. The van der Waals surface area contributed by atoms with Gasteiger partial charge < -0.3 is 4.74 Å². The molecule has 3 rings (SSSR count). The summed E-state index contributed by atoms with van der Waals surface area (Å²) in [6.07, 6.45) is 8.12. The molecule has 1 aliphatic rings. The number of benzene rings is 1. The van der Waals surface area contributed by atoms with Crippen LogP contribution in [0.4, 0.5) is 0 Å². The Bertz CT molecular complexity index is 587. The van der Waals surface area contributed by atoms with Gasteiger partial charge in [0.1, 0.15) is 5.75 Å². The zero-order chi connectivity index (χ0) is 12.4. The maximum Gasteiger partial charge on any atom is 0.119 e. The van der Waals surface area contributed by atoms with Crippen LogP contribution in [0.3, 0.4) is 0 Å². The molecule has 1 aliphatic carbocycles. The summed E-state index contributed by atoms with van der Waals surface area (Å²) in [6, 6.07) is 10.4. The molecule has 0 bridgehead atoms. The lowest BCUT2D eigenvalue weighted by Gasteiger charge is -2.04. The molecule has 0 aliphatic heterocycles. The Hall–Kier alpha value is -2.09. The van der Waals surface area contributed by atoms with E-state index in [1.807, 2.05) is 18.3 Å². The number of ether oxygens (including phenoxy) is 1. The van der Waals surface area contributed by atoms with Gasteiger partial charge in [-0.2, -0.15) is 0 Å². The third-order valence-electron chi connectivity index (χ3n) is 3.35. The van der Waals surface area contributed by atoms with Gasteiger partial charge in [0.25, 0.3) is 0 Å². The van der Waals surface area contributed by atoms with Crippen molar-refractivity contribution in [2.45, 2.75) is 12.8 Å². The fourth-order valence-corrected chi connectivity index (χ4v) is 2.43. The highest BCUT2D eigenvalue weighted by molar-refractivity contribution is 5.85. The van der Waals surface area contributed by atoms with E-state index in [0.717, 1.165) is 24.2 Å². The van der Waals surface area contributed by atoms with Gasteiger partial charge in [-0.3, -0.25) is 4.98 Å². The van der Waals surface area contributed by atoms with Crippen LogP contribution in [-0.4, -0.2) is 12.1 Å². The van der Waals surface area contributed by atoms with E-state index in [-0.39, 0.29) is 0 Å². The fourth-order valence-electron chi connectivity index (χ4n) is 2.43. The molecule has 0 atom stereocenters. The van der Waals surface area contributed by atoms with Crippen LogP contribution in [0.5, 0.6) is 5.75 Å². The van der Waals surface area contributed by atoms with E-state index >= 15 is 0 Å². The van der Waals surface area contributed by atoms with E-state index in [1.54, 1.807) is 13.3 Å². The second kappa shape index (κ2) is 4.65. The number of aryl methyl sites for hydroxylation is 1. The van der Waals surface area contributed by atoms with Crippen LogP contribution < -0.4 is 4.74 Å². The fraction of sp³-hybridized carbons (Fsp3) is 0.188. The predicted octanol–water partition coefficient (Wildman–Crippen LogP) is 3.58. The maximum atomic E-state index is 5.26. The van der Waals surface area contributed by atoms with Crippen LogP contribution in [0.1, 0.15) is 23.1 Å². The van der Waals surface area contributed by atoms with Gasteiger partial charge in [-0.05, 0) is 59.4 Å². The summed E-state index contributed by atoms with van der Waals surface area (Å²) in [5.41, 5.74) is 5.28. The van der Waals surface area contributed by atoms with Gasteiger partial charge in [-0.1, -0.05) is 12.1 Å². The summed E-state index contributed by atoms with van der Waals surface area (Å²) < 4.78 is 5.26. The zero-order valence-electron chi connectivity index (χ0n) is 10.4. The standard InChI is InChI=1S/C16H15NO/c1-18-15-6-7-16-13(4-5-14(16)10-15)9-12-3-2-8-17-11-12/h2-3,6-11H,4-5H2,1H3. The highest BCUT2D eigenvalue weighted by atomic mass is 16.5. The Labute approximate surface area is 107 Å². The first-order valence-electron chi connectivity index (χ1n) is 6.15. The molecule has 0 saturated heterocycles. The summed E-state index contributed by atoms with van der Waals surface area (Å²) in [5.74, 6) is 0.941. The summed E-state index contributed by atoms with van der Waals surface area (Å²) in [6.45, 7) is 0. The number of rotatable bonds is 2. The van der Waals surface area contributed by atoms with Crippen LogP contribution in [0.2, 0.25) is 0 Å². The zero-order valence-corrected chi connectivity index (χ0v) is 10.4. The number of fused-ring (bicyclic) bond motifs is 1. The second-order valence-electron chi connectivity index (χ2n) is 4.48. The number of methoxy groups -OCH3 is 1. The van der Waals surface area contributed by atoms with Crippen molar-refractivity contribution in [3.63, 3.8) is 0 Å². The lowest BCUT2D eigenvalue weighted by atomic mass is 10.1. The van der Waals surface area contributed by atoms with Crippen molar-refractivity contribution in [3.05, 3.63) is 59.4 Å². The van der Waals surface area contributed by atoms with E-state index in [1.165, 1.54) is 16.7 Å². The predicted molar refractivity (Wildman–Crippen MR) is 73.4 cm³/mol. The van der Waals surface area contributed by atoms with Gasteiger partial charge in [-0.25, -0.2) is 0 Å².